The van der Waals surface area contributed by atoms with Gasteiger partial charge in [-0.2, -0.15) is 4.98 Å². The fraction of sp³-hybridized carbons (Fsp3) is 0.333. The fourth-order valence-electron chi connectivity index (χ4n) is 4.00. The van der Waals surface area contributed by atoms with Crippen LogP contribution in [0.1, 0.15) is 24.7 Å². The monoisotopic (exact) mass is 399 g/mol. The predicted molar refractivity (Wildman–Crippen MR) is 107 cm³/mol. The van der Waals surface area contributed by atoms with E-state index >= 15 is 0 Å². The molecule has 0 aliphatic carbocycles. The van der Waals surface area contributed by atoms with Crippen LogP contribution in [0.4, 0.5) is 5.95 Å². The SMILES string of the molecule is Cn1c(N2CCCC2c2nc3ccc(Cl)cc3[nH]2)nc2c1c(=O)[nH]c(=O)n2C. The van der Waals surface area contributed by atoms with Crippen molar-refractivity contribution in [3.63, 3.8) is 0 Å². The fourth-order valence-corrected chi connectivity index (χ4v) is 4.18. The number of hydrogen-bond acceptors (Lipinski definition) is 5. The number of nitrogens with one attached hydrogen (secondary N) is 2. The summed E-state index contributed by atoms with van der Waals surface area (Å²) in [6.07, 6.45) is 1.88. The Balaban J connectivity index is 1.65. The van der Waals surface area contributed by atoms with E-state index in [1.165, 1.54) is 4.57 Å². The van der Waals surface area contributed by atoms with Gasteiger partial charge in [0.05, 0.1) is 17.1 Å². The molecule has 0 amide bonds. The molecule has 0 radical (unpaired) electrons. The van der Waals surface area contributed by atoms with E-state index in [0.717, 1.165) is 36.2 Å². The molecule has 1 unspecified atom stereocenters. The number of aryl methyl sites for hydroxylation is 2. The number of anilines is 1. The number of imidazole rings is 2. The van der Waals surface area contributed by atoms with Crippen LogP contribution in [0.25, 0.3) is 22.2 Å². The Hall–Kier alpha value is -3.07. The molecule has 5 rings (SSSR count). The molecule has 1 aromatic carbocycles. The van der Waals surface area contributed by atoms with Gasteiger partial charge in [0.15, 0.2) is 11.2 Å². The number of fused-ring (bicyclic) bond motifs is 2. The quantitative estimate of drug-likeness (QED) is 0.535. The lowest BCUT2D eigenvalue weighted by molar-refractivity contribution is 0.656. The van der Waals surface area contributed by atoms with Crippen LogP contribution in [0.15, 0.2) is 27.8 Å². The Kier molecular flexibility index (Phi) is 3.63. The van der Waals surface area contributed by atoms with Gasteiger partial charge < -0.3 is 14.5 Å². The van der Waals surface area contributed by atoms with Crippen molar-refractivity contribution in [2.45, 2.75) is 18.9 Å². The highest BCUT2D eigenvalue weighted by atomic mass is 35.5. The molecule has 1 aliphatic heterocycles. The summed E-state index contributed by atoms with van der Waals surface area (Å²) in [7, 11) is 3.39. The van der Waals surface area contributed by atoms with E-state index < -0.39 is 11.2 Å². The molecular weight excluding hydrogens is 382 g/mol. The zero-order valence-corrected chi connectivity index (χ0v) is 16.1. The van der Waals surface area contributed by atoms with E-state index in [4.69, 9.17) is 16.6 Å². The predicted octanol–water partition coefficient (Wildman–Crippen LogP) is 1.83. The number of rotatable bonds is 2. The summed E-state index contributed by atoms with van der Waals surface area (Å²) in [5.74, 6) is 1.48. The first kappa shape index (κ1) is 17.1. The Morgan fingerprint density at radius 2 is 1.96 bits per heavy atom. The summed E-state index contributed by atoms with van der Waals surface area (Å²) in [5, 5.41) is 0.654. The third-order valence-corrected chi connectivity index (χ3v) is 5.63. The molecule has 1 aliphatic rings. The van der Waals surface area contributed by atoms with Gasteiger partial charge in [0, 0.05) is 25.7 Å². The van der Waals surface area contributed by atoms with Crippen molar-refractivity contribution in [3.8, 4) is 0 Å². The molecule has 1 saturated heterocycles. The highest BCUT2D eigenvalue weighted by molar-refractivity contribution is 6.31. The molecule has 9 nitrogen and oxygen atoms in total. The van der Waals surface area contributed by atoms with Crippen LogP contribution in [0.5, 0.6) is 0 Å². The summed E-state index contributed by atoms with van der Waals surface area (Å²) in [6.45, 7) is 0.783. The second kappa shape index (κ2) is 5.96. The molecule has 4 aromatic rings. The van der Waals surface area contributed by atoms with Crippen LogP contribution < -0.4 is 16.1 Å². The minimum Gasteiger partial charge on any atom is -0.340 e. The maximum atomic E-state index is 12.3. The minimum absolute atomic E-state index is 0.00204. The number of aromatic amines is 2. The lowest BCUT2D eigenvalue weighted by atomic mass is 10.2. The largest absolute Gasteiger partial charge is 0.340 e. The molecular formula is C18H18ClN7O2. The van der Waals surface area contributed by atoms with Crippen molar-refractivity contribution in [2.24, 2.45) is 14.1 Å². The highest BCUT2D eigenvalue weighted by Crippen LogP contribution is 2.35. The third-order valence-electron chi connectivity index (χ3n) is 5.40. The number of nitrogens with zero attached hydrogens (tertiary/aromatic N) is 5. The topological polar surface area (TPSA) is 105 Å². The summed E-state index contributed by atoms with van der Waals surface area (Å²) in [5.41, 5.74) is 1.57. The van der Waals surface area contributed by atoms with Crippen molar-refractivity contribution in [2.75, 3.05) is 11.4 Å². The Labute approximate surface area is 163 Å². The van der Waals surface area contributed by atoms with Crippen LogP contribution >= 0.6 is 11.6 Å². The molecule has 0 spiro atoms. The van der Waals surface area contributed by atoms with Crippen LogP contribution in [-0.2, 0) is 14.1 Å². The highest BCUT2D eigenvalue weighted by Gasteiger charge is 2.32. The van der Waals surface area contributed by atoms with Crippen molar-refractivity contribution < 1.29 is 0 Å². The van der Waals surface area contributed by atoms with E-state index in [1.807, 2.05) is 18.2 Å². The van der Waals surface area contributed by atoms with Gasteiger partial charge in [-0.3, -0.25) is 14.3 Å². The Bertz CT molecular complexity index is 1350. The van der Waals surface area contributed by atoms with E-state index in [-0.39, 0.29) is 6.04 Å². The summed E-state index contributed by atoms with van der Waals surface area (Å²) in [4.78, 5) is 41.4. The Morgan fingerprint density at radius 3 is 2.79 bits per heavy atom. The van der Waals surface area contributed by atoms with Crippen molar-refractivity contribution in [1.82, 2.24) is 29.1 Å². The second-order valence-electron chi connectivity index (χ2n) is 7.10. The summed E-state index contributed by atoms with van der Waals surface area (Å²) < 4.78 is 3.10. The zero-order chi connectivity index (χ0) is 19.6. The summed E-state index contributed by atoms with van der Waals surface area (Å²) >= 11 is 6.09. The second-order valence-corrected chi connectivity index (χ2v) is 7.53. The molecule has 1 fully saturated rings. The van der Waals surface area contributed by atoms with Gasteiger partial charge in [0.2, 0.25) is 5.95 Å². The van der Waals surface area contributed by atoms with Crippen LogP contribution in [0.3, 0.4) is 0 Å². The average Bonchev–Trinajstić information content (AvgIpc) is 3.35. The smallest absolute Gasteiger partial charge is 0.329 e. The molecule has 0 bridgehead atoms. The number of aromatic nitrogens is 6. The molecule has 0 saturated carbocycles. The molecule has 28 heavy (non-hydrogen) atoms. The minimum atomic E-state index is -0.478. The lowest BCUT2D eigenvalue weighted by Gasteiger charge is -2.23. The molecule has 144 valence electrons. The molecule has 3 aromatic heterocycles. The van der Waals surface area contributed by atoms with Gasteiger partial charge in [-0.25, -0.2) is 9.78 Å². The molecule has 4 heterocycles. The number of H-pyrrole nitrogens is 2. The van der Waals surface area contributed by atoms with Gasteiger partial charge >= 0.3 is 5.69 Å². The van der Waals surface area contributed by atoms with E-state index in [9.17, 15) is 9.59 Å². The van der Waals surface area contributed by atoms with Gasteiger partial charge in [0.25, 0.3) is 5.56 Å². The van der Waals surface area contributed by atoms with Crippen molar-refractivity contribution in [3.05, 3.63) is 49.9 Å². The molecule has 2 N–H and O–H groups in total. The van der Waals surface area contributed by atoms with Crippen molar-refractivity contribution >= 4 is 39.7 Å². The van der Waals surface area contributed by atoms with Crippen molar-refractivity contribution in [1.29, 1.82) is 0 Å². The number of benzene rings is 1. The number of hydrogen-bond donors (Lipinski definition) is 2. The van der Waals surface area contributed by atoms with Gasteiger partial charge in [-0.05, 0) is 31.0 Å². The van der Waals surface area contributed by atoms with Crippen LogP contribution in [0.2, 0.25) is 5.02 Å². The maximum Gasteiger partial charge on any atom is 0.329 e. The van der Waals surface area contributed by atoms with Gasteiger partial charge in [-0.15, -0.1) is 0 Å². The first-order chi connectivity index (χ1) is 13.4. The number of halogens is 1. The van der Waals surface area contributed by atoms with Crippen LogP contribution in [0, 0.1) is 0 Å². The standard InChI is InChI=1S/C18H18ClN7O2/c1-24-13-15(25(2)18(28)23-16(13)27)22-17(24)26-7-3-4-12(26)14-20-10-6-5-9(19)8-11(10)21-14/h5-6,8,12H,3-4,7H2,1-2H3,(H,20,21)(H,23,27,28). The normalized spacial score (nSPS) is 17.2. The Morgan fingerprint density at radius 1 is 1.14 bits per heavy atom. The lowest BCUT2D eigenvalue weighted by Crippen LogP contribution is -2.29. The van der Waals surface area contributed by atoms with E-state index in [0.29, 0.717) is 22.1 Å². The van der Waals surface area contributed by atoms with Crippen LogP contribution in [-0.4, -0.2) is 35.6 Å². The maximum absolute atomic E-state index is 12.3. The molecule has 10 heteroatoms. The van der Waals surface area contributed by atoms with Gasteiger partial charge in [-0.1, -0.05) is 11.6 Å². The summed E-state index contributed by atoms with van der Waals surface area (Å²) in [6, 6.07) is 5.57. The van der Waals surface area contributed by atoms with Gasteiger partial charge in [0.1, 0.15) is 5.82 Å². The third kappa shape index (κ3) is 2.39. The first-order valence-corrected chi connectivity index (χ1v) is 9.39. The average molecular weight is 400 g/mol. The van der Waals surface area contributed by atoms with E-state index in [2.05, 4.69) is 19.9 Å². The zero-order valence-electron chi connectivity index (χ0n) is 15.4. The van der Waals surface area contributed by atoms with E-state index in [1.54, 1.807) is 18.7 Å². The first-order valence-electron chi connectivity index (χ1n) is 9.01. The molecule has 1 atom stereocenters.